The maximum Gasteiger partial charge on any atom is 0.225 e. The van der Waals surface area contributed by atoms with Crippen molar-refractivity contribution >= 4 is 44.3 Å². The van der Waals surface area contributed by atoms with E-state index in [1.165, 1.54) is 10.5 Å². The van der Waals surface area contributed by atoms with Gasteiger partial charge in [0.15, 0.2) is 9.84 Å². The number of rotatable bonds is 8. The Morgan fingerprint density at radius 3 is 2.31 bits per heavy atom. The lowest BCUT2D eigenvalue weighted by Crippen LogP contribution is -2.32. The van der Waals surface area contributed by atoms with Crippen molar-refractivity contribution < 1.29 is 13.5 Å². The molecular weight excluding hydrogens is 492 g/mol. The topological polar surface area (TPSA) is 104 Å². The van der Waals surface area contributed by atoms with E-state index in [0.29, 0.717) is 18.3 Å². The summed E-state index contributed by atoms with van der Waals surface area (Å²) in [5.74, 6) is 0.567. The van der Waals surface area contributed by atoms with Crippen LogP contribution in [0, 0.1) is 0 Å². The van der Waals surface area contributed by atoms with Crippen LogP contribution >= 0.6 is 11.8 Å². The number of hydrogen-bond donors (Lipinski definition) is 3. The Labute approximate surface area is 215 Å². The lowest BCUT2D eigenvalue weighted by molar-refractivity contribution is 0.190. The molecule has 186 valence electrons. The van der Waals surface area contributed by atoms with Crippen molar-refractivity contribution in [3.8, 4) is 0 Å². The van der Waals surface area contributed by atoms with E-state index in [1.54, 1.807) is 11.8 Å². The fourth-order valence-corrected chi connectivity index (χ4v) is 7.23. The highest BCUT2D eigenvalue weighted by Crippen LogP contribution is 2.33. The second-order valence-corrected chi connectivity index (χ2v) is 12.1. The van der Waals surface area contributed by atoms with Gasteiger partial charge in [-0.3, -0.25) is 0 Å². The Balaban J connectivity index is 1.39. The molecule has 1 saturated heterocycles. The van der Waals surface area contributed by atoms with Crippen LogP contribution in [-0.4, -0.2) is 47.1 Å². The van der Waals surface area contributed by atoms with Gasteiger partial charge in [0.05, 0.1) is 29.2 Å². The molecule has 1 aliphatic heterocycles. The number of hydrogen-bond acceptors (Lipinski definition) is 8. The van der Waals surface area contributed by atoms with Crippen molar-refractivity contribution in [2.24, 2.45) is 0 Å². The van der Waals surface area contributed by atoms with Gasteiger partial charge >= 0.3 is 0 Å². The van der Waals surface area contributed by atoms with Crippen LogP contribution in [0.25, 0.3) is 10.9 Å². The summed E-state index contributed by atoms with van der Waals surface area (Å²) in [5, 5.41) is 17.5. The largest absolute Gasteiger partial charge is 0.390 e. The van der Waals surface area contributed by atoms with Crippen LogP contribution in [0.1, 0.15) is 18.1 Å². The summed E-state index contributed by atoms with van der Waals surface area (Å²) in [6, 6.07) is 23.6. The Morgan fingerprint density at radius 1 is 0.917 bits per heavy atom. The number of anilines is 2. The Bertz CT molecular complexity index is 1490. The monoisotopic (exact) mass is 520 g/mol. The molecule has 36 heavy (non-hydrogen) atoms. The van der Waals surface area contributed by atoms with Gasteiger partial charge in [0.25, 0.3) is 0 Å². The molecular formula is C27H28N4O3S2. The lowest BCUT2D eigenvalue weighted by atomic mass is 10.2. The van der Waals surface area contributed by atoms with Crippen LogP contribution in [0.2, 0.25) is 0 Å². The van der Waals surface area contributed by atoms with Gasteiger partial charge in [0, 0.05) is 21.7 Å². The molecule has 1 fully saturated rings. The molecule has 0 aliphatic carbocycles. The Hall–Kier alpha value is -3.14. The smallest absolute Gasteiger partial charge is 0.225 e. The van der Waals surface area contributed by atoms with E-state index in [9.17, 15) is 13.5 Å². The molecule has 0 bridgehead atoms. The third-order valence-electron chi connectivity index (χ3n) is 6.23. The maximum atomic E-state index is 12.0. The molecule has 2 unspecified atom stereocenters. The number of aryl methyl sites for hydroxylation is 1. The molecule has 3 N–H and O–H groups in total. The molecule has 7 nitrogen and oxygen atoms in total. The molecule has 5 rings (SSSR count). The van der Waals surface area contributed by atoms with E-state index < -0.39 is 22.0 Å². The van der Waals surface area contributed by atoms with Crippen molar-refractivity contribution in [3.05, 3.63) is 83.9 Å². The van der Waals surface area contributed by atoms with Crippen LogP contribution in [-0.2, 0) is 22.8 Å². The Kier molecular flexibility index (Phi) is 7.13. The minimum Gasteiger partial charge on any atom is -0.390 e. The summed E-state index contributed by atoms with van der Waals surface area (Å²) < 4.78 is 24.0. The van der Waals surface area contributed by atoms with Crippen LogP contribution in [0.5, 0.6) is 0 Å². The third kappa shape index (κ3) is 5.48. The molecule has 3 aromatic carbocycles. The molecule has 9 heteroatoms. The van der Waals surface area contributed by atoms with Crippen molar-refractivity contribution in [2.75, 3.05) is 22.1 Å². The quantitative estimate of drug-likeness (QED) is 0.311. The van der Waals surface area contributed by atoms with Gasteiger partial charge in [-0.25, -0.2) is 13.4 Å². The molecule has 4 aromatic rings. The molecule has 1 aliphatic rings. The average molecular weight is 521 g/mol. The van der Waals surface area contributed by atoms with Gasteiger partial charge in [-0.2, -0.15) is 4.98 Å². The lowest BCUT2D eigenvalue weighted by Gasteiger charge is -2.18. The van der Waals surface area contributed by atoms with Gasteiger partial charge in [0.2, 0.25) is 5.95 Å². The number of nitrogens with one attached hydrogen (secondary N) is 2. The number of aliphatic hydroxyl groups excluding tert-OH is 1. The molecule has 1 aromatic heterocycles. The number of benzene rings is 3. The highest BCUT2D eigenvalue weighted by Gasteiger charge is 2.36. The number of para-hydroxylation sites is 1. The standard InChI is InChI=1S/C27H28N4O3S2/c1-2-18-9-3-7-13-24(18)35-25-14-8-4-10-19(25)15-28-27-30-21-12-6-5-11-20(21)26(31-27)29-22-16-36(33,34)17-23(22)32/h3-14,22-23,32H,2,15-17H2,1H3,(H2,28,29,30,31). The molecule has 0 radical (unpaired) electrons. The van der Waals surface area contributed by atoms with E-state index in [2.05, 4.69) is 63.9 Å². The first kappa shape index (κ1) is 24.5. The predicted octanol–water partition coefficient (Wildman–Crippen LogP) is 4.53. The second-order valence-electron chi connectivity index (χ2n) is 8.83. The normalized spacial score (nSPS) is 18.8. The minimum absolute atomic E-state index is 0.126. The van der Waals surface area contributed by atoms with Crippen LogP contribution in [0.3, 0.4) is 0 Å². The highest BCUT2D eigenvalue weighted by molar-refractivity contribution is 7.99. The van der Waals surface area contributed by atoms with Crippen molar-refractivity contribution in [2.45, 2.75) is 41.8 Å². The zero-order valence-corrected chi connectivity index (χ0v) is 21.5. The number of sulfone groups is 1. The minimum atomic E-state index is -3.28. The molecule has 2 heterocycles. The van der Waals surface area contributed by atoms with E-state index in [0.717, 1.165) is 27.8 Å². The fraction of sp³-hybridized carbons (Fsp3) is 0.259. The van der Waals surface area contributed by atoms with Gasteiger partial charge in [-0.05, 0) is 41.8 Å². The summed E-state index contributed by atoms with van der Waals surface area (Å²) in [4.78, 5) is 11.7. The predicted molar refractivity (Wildman–Crippen MR) is 145 cm³/mol. The molecule has 2 atom stereocenters. The number of aliphatic hydroxyl groups is 1. The first-order valence-electron chi connectivity index (χ1n) is 11.9. The zero-order valence-electron chi connectivity index (χ0n) is 19.9. The highest BCUT2D eigenvalue weighted by atomic mass is 32.2. The van der Waals surface area contributed by atoms with Gasteiger partial charge < -0.3 is 15.7 Å². The van der Waals surface area contributed by atoms with Crippen LogP contribution in [0.4, 0.5) is 11.8 Å². The summed E-state index contributed by atoms with van der Waals surface area (Å²) in [6.45, 7) is 2.69. The fourth-order valence-electron chi connectivity index (χ4n) is 4.35. The third-order valence-corrected chi connectivity index (χ3v) is 9.18. The van der Waals surface area contributed by atoms with E-state index in [1.807, 2.05) is 36.4 Å². The summed E-state index contributed by atoms with van der Waals surface area (Å²) >= 11 is 1.75. The SMILES string of the molecule is CCc1ccccc1Sc1ccccc1CNc1nc(NC2CS(=O)(=O)CC2O)c2ccccc2n1. The average Bonchev–Trinajstić information content (AvgIpc) is 3.14. The Morgan fingerprint density at radius 2 is 1.58 bits per heavy atom. The molecule has 0 spiro atoms. The molecule has 0 saturated carbocycles. The van der Waals surface area contributed by atoms with E-state index in [-0.39, 0.29) is 11.5 Å². The summed E-state index contributed by atoms with van der Waals surface area (Å²) in [7, 11) is -3.28. The summed E-state index contributed by atoms with van der Waals surface area (Å²) in [5.41, 5.74) is 3.17. The van der Waals surface area contributed by atoms with Gasteiger partial charge in [-0.1, -0.05) is 67.2 Å². The first-order chi connectivity index (χ1) is 17.4. The summed E-state index contributed by atoms with van der Waals surface area (Å²) in [6.07, 6.45) is -0.00332. The number of aromatic nitrogens is 2. The van der Waals surface area contributed by atoms with Gasteiger partial charge in [0.1, 0.15) is 5.82 Å². The van der Waals surface area contributed by atoms with Crippen LogP contribution < -0.4 is 10.6 Å². The first-order valence-corrected chi connectivity index (χ1v) is 14.5. The zero-order chi connectivity index (χ0) is 25.1. The maximum absolute atomic E-state index is 12.0. The second kappa shape index (κ2) is 10.5. The number of nitrogens with zero attached hydrogens (tertiary/aromatic N) is 2. The van der Waals surface area contributed by atoms with Crippen LogP contribution in [0.15, 0.2) is 82.6 Å². The van der Waals surface area contributed by atoms with E-state index >= 15 is 0 Å². The van der Waals surface area contributed by atoms with E-state index in [4.69, 9.17) is 0 Å². The van der Waals surface area contributed by atoms with Crippen molar-refractivity contribution in [1.82, 2.24) is 9.97 Å². The number of fused-ring (bicyclic) bond motifs is 1. The molecule has 0 amide bonds. The van der Waals surface area contributed by atoms with Crippen molar-refractivity contribution in [1.29, 1.82) is 0 Å². The van der Waals surface area contributed by atoms with Gasteiger partial charge in [-0.15, -0.1) is 0 Å². The van der Waals surface area contributed by atoms with Crippen molar-refractivity contribution in [3.63, 3.8) is 0 Å².